The van der Waals surface area contributed by atoms with Crippen LogP contribution in [0.4, 0.5) is 21.8 Å². The highest BCUT2D eigenvalue weighted by Gasteiger charge is 2.21. The van der Waals surface area contributed by atoms with Gasteiger partial charge in [-0.1, -0.05) is 49.1 Å². The number of rotatable bonds is 12. The summed E-state index contributed by atoms with van der Waals surface area (Å²) in [5, 5.41) is 9.21. The molecule has 0 saturated heterocycles. The van der Waals surface area contributed by atoms with Crippen molar-refractivity contribution in [2.24, 2.45) is 0 Å². The Kier molecular flexibility index (Phi) is 12.0. The number of anilines is 3. The van der Waals surface area contributed by atoms with Crippen LogP contribution in [0.5, 0.6) is 0 Å². The zero-order valence-corrected chi connectivity index (χ0v) is 24.7. The van der Waals surface area contributed by atoms with Crippen LogP contribution in [0.2, 0.25) is 0 Å². The highest BCUT2D eigenvalue weighted by atomic mass is 19.1. The Bertz CT molecular complexity index is 1460. The fourth-order valence-corrected chi connectivity index (χ4v) is 3.72. The number of nitrogens with zero attached hydrogens (tertiary/aromatic N) is 4. The molecule has 9 nitrogen and oxygen atoms in total. The molecule has 0 bridgehead atoms. The number of benzene rings is 2. The van der Waals surface area contributed by atoms with Gasteiger partial charge in [0.05, 0.1) is 11.8 Å². The third-order valence-electron chi connectivity index (χ3n) is 6.25. The number of amides is 2. The molecule has 1 heterocycles. The molecule has 0 fully saturated rings. The first-order valence-corrected chi connectivity index (χ1v) is 13.8. The van der Waals surface area contributed by atoms with Crippen molar-refractivity contribution in [2.45, 2.75) is 32.9 Å². The summed E-state index contributed by atoms with van der Waals surface area (Å²) in [5.74, 6) is 6.34. The highest BCUT2D eigenvalue weighted by Crippen LogP contribution is 2.18. The van der Waals surface area contributed by atoms with Crippen LogP contribution >= 0.6 is 0 Å². The van der Waals surface area contributed by atoms with Crippen molar-refractivity contribution in [3.63, 3.8) is 0 Å². The van der Waals surface area contributed by atoms with Gasteiger partial charge >= 0.3 is 0 Å². The Morgan fingerprint density at radius 3 is 2.57 bits per heavy atom. The number of nitrogens with one attached hydrogen (secondary N) is 3. The molecule has 2 aromatic carbocycles. The van der Waals surface area contributed by atoms with Crippen molar-refractivity contribution in [3.8, 4) is 11.8 Å². The first kappa shape index (κ1) is 31.8. The van der Waals surface area contributed by atoms with Crippen molar-refractivity contribution in [1.29, 1.82) is 0 Å². The van der Waals surface area contributed by atoms with Crippen LogP contribution < -0.4 is 16.0 Å². The Hall–Kier alpha value is -4.75. The van der Waals surface area contributed by atoms with Gasteiger partial charge in [-0.2, -0.15) is 4.98 Å². The number of carbonyl (C=O) groups is 2. The average molecular weight is 572 g/mol. The number of hydrogen-bond donors (Lipinski definition) is 3. The number of carbonyl (C=O) groups excluding carboxylic acids is 2. The quantitative estimate of drug-likeness (QED) is 0.222. The SMILES string of the molecule is CCCNc1nc(Nc2cccc(F)c2)ncc1C#Cc1ccccc1CNC(=O)[C@H](C)N(C)C(=O)C=CCN(C)C. The van der Waals surface area contributed by atoms with Crippen molar-refractivity contribution in [1.82, 2.24) is 25.1 Å². The predicted molar refractivity (Wildman–Crippen MR) is 165 cm³/mol. The lowest BCUT2D eigenvalue weighted by molar-refractivity contribution is -0.135. The first-order chi connectivity index (χ1) is 20.2. The lowest BCUT2D eigenvalue weighted by Gasteiger charge is -2.23. The van der Waals surface area contributed by atoms with Crippen LogP contribution in [0.3, 0.4) is 0 Å². The maximum absolute atomic E-state index is 13.6. The summed E-state index contributed by atoms with van der Waals surface area (Å²) in [4.78, 5) is 37.5. The summed E-state index contributed by atoms with van der Waals surface area (Å²) in [6.07, 6.45) is 5.75. The van der Waals surface area contributed by atoms with Gasteiger partial charge in [0.15, 0.2) is 0 Å². The molecular formula is C32H38FN7O2. The highest BCUT2D eigenvalue weighted by molar-refractivity contribution is 5.92. The van der Waals surface area contributed by atoms with Gasteiger partial charge in [-0.3, -0.25) is 9.59 Å². The maximum Gasteiger partial charge on any atom is 0.246 e. The molecule has 0 radical (unpaired) electrons. The second-order valence-electron chi connectivity index (χ2n) is 9.93. The molecule has 1 atom stereocenters. The van der Waals surface area contributed by atoms with E-state index in [0.717, 1.165) is 17.5 Å². The van der Waals surface area contributed by atoms with Crippen molar-refractivity contribution < 1.29 is 14.0 Å². The molecule has 0 aliphatic carbocycles. The van der Waals surface area contributed by atoms with Crippen LogP contribution in [0.15, 0.2) is 66.9 Å². The second-order valence-corrected chi connectivity index (χ2v) is 9.93. The number of halogens is 1. The monoisotopic (exact) mass is 571 g/mol. The number of hydrogen-bond acceptors (Lipinski definition) is 7. The topological polar surface area (TPSA) is 102 Å². The van der Waals surface area contributed by atoms with E-state index in [2.05, 4.69) is 37.8 Å². The third-order valence-corrected chi connectivity index (χ3v) is 6.25. The summed E-state index contributed by atoms with van der Waals surface area (Å²) >= 11 is 0. The van der Waals surface area contributed by atoms with Gasteiger partial charge in [0.2, 0.25) is 17.8 Å². The lowest BCUT2D eigenvalue weighted by Crippen LogP contribution is -2.45. The third kappa shape index (κ3) is 9.71. The summed E-state index contributed by atoms with van der Waals surface area (Å²) in [6, 6.07) is 13.0. The van der Waals surface area contributed by atoms with E-state index in [1.165, 1.54) is 23.1 Å². The zero-order chi connectivity index (χ0) is 30.5. The first-order valence-electron chi connectivity index (χ1n) is 13.8. The Labute approximate surface area is 247 Å². The van der Waals surface area contributed by atoms with Crippen LogP contribution in [0.25, 0.3) is 0 Å². The van der Waals surface area contributed by atoms with Crippen LogP contribution in [0, 0.1) is 17.7 Å². The van der Waals surface area contributed by atoms with E-state index in [9.17, 15) is 14.0 Å². The minimum atomic E-state index is -0.649. The summed E-state index contributed by atoms with van der Waals surface area (Å²) in [7, 11) is 5.44. The normalized spacial score (nSPS) is 11.5. The van der Waals surface area contributed by atoms with Gasteiger partial charge in [-0.05, 0) is 57.3 Å². The fourth-order valence-electron chi connectivity index (χ4n) is 3.72. The van der Waals surface area contributed by atoms with E-state index in [1.807, 2.05) is 50.2 Å². The van der Waals surface area contributed by atoms with Gasteiger partial charge in [0.25, 0.3) is 0 Å². The van der Waals surface area contributed by atoms with E-state index >= 15 is 0 Å². The molecule has 0 aliphatic heterocycles. The fraction of sp³-hybridized carbons (Fsp3) is 0.312. The molecule has 10 heteroatoms. The molecule has 3 rings (SSSR count). The minimum absolute atomic E-state index is 0.238. The Morgan fingerprint density at radius 1 is 1.07 bits per heavy atom. The van der Waals surface area contributed by atoms with Gasteiger partial charge < -0.3 is 25.8 Å². The van der Waals surface area contributed by atoms with Gasteiger partial charge in [0, 0.05) is 44.0 Å². The summed E-state index contributed by atoms with van der Waals surface area (Å²) in [6.45, 7) is 5.31. The predicted octanol–water partition coefficient (Wildman–Crippen LogP) is 4.16. The Morgan fingerprint density at radius 2 is 1.83 bits per heavy atom. The largest absolute Gasteiger partial charge is 0.369 e. The molecule has 1 aromatic heterocycles. The molecule has 0 saturated carbocycles. The Balaban J connectivity index is 1.72. The smallest absolute Gasteiger partial charge is 0.246 e. The standard InChI is InChI=1S/C32H38FN7O2/c1-6-18-34-30-26(22-36-32(38-30)37-28-14-9-13-27(33)20-28)17-16-24-11-7-8-12-25(24)21-35-31(42)23(2)40(5)29(41)15-10-19-39(3)4/h7-15,20,22-23H,6,18-19,21H2,1-5H3,(H,35,42)(H2,34,36,37,38)/t23-/m0/s1. The van der Waals surface area contributed by atoms with Crippen molar-refractivity contribution in [2.75, 3.05) is 44.9 Å². The van der Waals surface area contributed by atoms with Crippen LogP contribution in [0.1, 0.15) is 37.0 Å². The summed E-state index contributed by atoms with van der Waals surface area (Å²) < 4.78 is 13.6. The molecule has 220 valence electrons. The molecule has 42 heavy (non-hydrogen) atoms. The van der Waals surface area contributed by atoms with E-state index in [1.54, 1.807) is 38.4 Å². The zero-order valence-electron chi connectivity index (χ0n) is 24.7. The molecule has 0 unspecified atom stereocenters. The van der Waals surface area contributed by atoms with Crippen molar-refractivity contribution >= 4 is 29.3 Å². The number of likely N-dealkylation sites (N-methyl/N-ethyl adjacent to an activating group) is 2. The van der Waals surface area contributed by atoms with E-state index in [4.69, 9.17) is 0 Å². The van der Waals surface area contributed by atoms with Gasteiger partial charge in [0.1, 0.15) is 17.7 Å². The second kappa shape index (κ2) is 15.9. The molecular weight excluding hydrogens is 533 g/mol. The van der Waals surface area contributed by atoms with Gasteiger partial charge in [-0.15, -0.1) is 0 Å². The van der Waals surface area contributed by atoms with E-state index < -0.39 is 6.04 Å². The minimum Gasteiger partial charge on any atom is -0.369 e. The van der Waals surface area contributed by atoms with Crippen LogP contribution in [-0.4, -0.2) is 71.9 Å². The molecule has 2 amide bonds. The number of aromatic nitrogens is 2. The maximum atomic E-state index is 13.6. The average Bonchev–Trinajstić information content (AvgIpc) is 2.97. The summed E-state index contributed by atoms with van der Waals surface area (Å²) in [5.41, 5.74) is 2.71. The van der Waals surface area contributed by atoms with Gasteiger partial charge in [-0.25, -0.2) is 9.37 Å². The van der Waals surface area contributed by atoms with E-state index in [0.29, 0.717) is 36.1 Å². The lowest BCUT2D eigenvalue weighted by atomic mass is 10.1. The molecule has 3 N–H and O–H groups in total. The molecule has 0 spiro atoms. The van der Waals surface area contributed by atoms with E-state index in [-0.39, 0.29) is 24.2 Å². The van der Waals surface area contributed by atoms with Crippen molar-refractivity contribution in [3.05, 3.63) is 89.4 Å². The molecule has 0 aliphatic rings. The van der Waals surface area contributed by atoms with Crippen LogP contribution in [-0.2, 0) is 16.1 Å². The molecule has 3 aromatic rings.